The van der Waals surface area contributed by atoms with E-state index in [1.54, 1.807) is 67.6 Å². The van der Waals surface area contributed by atoms with Crippen molar-refractivity contribution in [3.05, 3.63) is 175 Å². The van der Waals surface area contributed by atoms with Crippen molar-refractivity contribution in [2.45, 2.75) is 39.9 Å². The van der Waals surface area contributed by atoms with Gasteiger partial charge in [0.05, 0.1) is 50.1 Å². The molecule has 0 radical (unpaired) electrons. The number of aromatic carboxylic acids is 1. The number of carbonyl (C=O) groups is 1. The molecule has 109 heavy (non-hydrogen) atoms. The van der Waals surface area contributed by atoms with E-state index in [4.69, 9.17) is 42.6 Å². The first-order chi connectivity index (χ1) is 51.2. The standard InChI is InChI=1S/C63H47N11O19S4.3O3S/c1-3-23-93-54-31-50(70-72-52-28-37(94(81,82)83)26-34-27-38(95(84,85)86)29-53(75)56(34)52)32(2)24-51(54)71-74-58-55(96(87,88)89)30-44-42(61(58)78)18-22-49(62(44)97(90,91)92)69-73-57-40-16-21-48(60(77)41(40)17-20-46(57)64-35-9-5-4-6-10-35)67-65-36-14-15-39-33(25-36)13-19-47(59(39)76)68-66-45-12-8-7-11-43(45)63(79)80;3*1-4(2)3/h4-22,24-31,64,75-78H,3,23H2,1-2H3,(H,79,80)(H,81,82,83)(H,84,85,86)(H,87,88,89)(H,90,91,92);;;. The number of fused-ring (bicyclic) bond motifs is 4. The summed E-state index contributed by atoms with van der Waals surface area (Å²) in [6.07, 6.45) is 0.407. The molecule has 0 bridgehead atoms. The lowest BCUT2D eigenvalue weighted by Gasteiger charge is -2.14. The normalized spacial score (nSPS) is 11.9. The minimum absolute atomic E-state index is 0.00951. The molecule has 0 aliphatic carbocycles. The number of hydrogen-bond donors (Lipinski definition) is 10. The third-order valence-electron chi connectivity index (χ3n) is 14.6. The molecule has 0 heterocycles. The van der Waals surface area contributed by atoms with Crippen LogP contribution in [0.2, 0.25) is 0 Å². The molecule has 0 amide bonds. The molecule has 0 saturated heterocycles. The fourth-order valence-electron chi connectivity index (χ4n) is 10.0. The Morgan fingerprint density at radius 2 is 0.936 bits per heavy atom. The first-order valence-electron chi connectivity index (χ1n) is 29.5. The Morgan fingerprint density at radius 3 is 1.55 bits per heavy atom. The van der Waals surface area contributed by atoms with E-state index in [0.29, 0.717) is 40.7 Å². The Hall–Kier alpha value is -12.8. The second-order valence-corrected chi connectivity index (χ2v) is 28.5. The van der Waals surface area contributed by atoms with Crippen molar-refractivity contribution in [1.29, 1.82) is 0 Å². The van der Waals surface area contributed by atoms with Gasteiger partial charge in [-0.2, -0.15) is 43.9 Å². The number of para-hydroxylation sites is 1. The molecule has 0 saturated carbocycles. The van der Waals surface area contributed by atoms with Crippen LogP contribution in [-0.4, -0.2) is 128 Å². The summed E-state index contributed by atoms with van der Waals surface area (Å²) in [5, 5.41) is 99.4. The van der Waals surface area contributed by atoms with E-state index in [1.165, 1.54) is 67.6 Å². The van der Waals surface area contributed by atoms with Gasteiger partial charge in [0.1, 0.15) is 61.1 Å². The number of benzene rings is 11. The maximum atomic E-state index is 13.5. The van der Waals surface area contributed by atoms with Crippen LogP contribution in [0.15, 0.2) is 235 Å². The zero-order chi connectivity index (χ0) is 80.2. The molecule has 11 rings (SSSR count). The van der Waals surface area contributed by atoms with Gasteiger partial charge in [-0.1, -0.05) is 43.3 Å². The summed E-state index contributed by atoms with van der Waals surface area (Å²) in [5.74, 6) is -3.80. The first kappa shape index (κ1) is 81.9. The first-order valence-corrected chi connectivity index (χ1v) is 38.3. The molecule has 0 aliphatic rings. The number of rotatable bonds is 20. The SMILES string of the molecule is CCCOc1cc(N=Nc2cc(S(=O)(=O)O)cc3cc(S(=O)(=O)O)cc(O)c23)c(C)cc1N=Nc1c(S(=O)(=O)O)cc2c(S(=O)(=O)O)c(N=Nc3c(Nc4ccccc4)ccc4c(O)c(N=Nc5ccc6c(O)c(N=Nc7ccccc7C(=O)O)ccc6c5)ccc34)ccc2c1O.O=S(=O)=O.O=S(=O)=O.O=S(=O)=O. The molecule has 39 nitrogen and oxygen atoms in total. The van der Waals surface area contributed by atoms with Crippen molar-refractivity contribution < 1.29 is 125 Å². The smallest absolute Gasteiger partial charge is 0.425 e. The predicted octanol–water partition coefficient (Wildman–Crippen LogP) is 13.7. The Balaban J connectivity index is 0.00000116. The summed E-state index contributed by atoms with van der Waals surface area (Å²) in [5.41, 5.74) is -0.812. The lowest BCUT2D eigenvalue weighted by atomic mass is 10.0. The van der Waals surface area contributed by atoms with Crippen LogP contribution in [0, 0.1) is 6.92 Å². The number of aryl methyl sites for hydroxylation is 1. The van der Waals surface area contributed by atoms with E-state index in [9.17, 15) is 82.2 Å². The quantitative estimate of drug-likeness (QED) is 0.0250. The van der Waals surface area contributed by atoms with Gasteiger partial charge in [-0.25, -0.2) is 4.79 Å². The van der Waals surface area contributed by atoms with Crippen LogP contribution in [0.4, 0.5) is 68.2 Å². The van der Waals surface area contributed by atoms with E-state index in [1.807, 2.05) is 0 Å². The highest BCUT2D eigenvalue weighted by molar-refractivity contribution is 7.87. The number of carboxylic acid groups (broad SMARTS) is 1. The third kappa shape index (κ3) is 20.6. The molecular weight excluding hydrogens is 1580 g/mol. The highest BCUT2D eigenvalue weighted by Crippen LogP contribution is 2.49. The summed E-state index contributed by atoms with van der Waals surface area (Å²) < 4.78 is 225. The maximum absolute atomic E-state index is 13.5. The van der Waals surface area contributed by atoms with Crippen LogP contribution >= 0.6 is 0 Å². The van der Waals surface area contributed by atoms with E-state index >= 15 is 0 Å². The Bertz CT molecular complexity index is 6490. The van der Waals surface area contributed by atoms with E-state index in [0.717, 1.165) is 30.3 Å². The highest BCUT2D eigenvalue weighted by atomic mass is 32.2. The molecule has 0 fully saturated rings. The summed E-state index contributed by atoms with van der Waals surface area (Å²) >= 11 is 0. The molecule has 0 aliphatic heterocycles. The number of aromatic hydroxyl groups is 4. The molecule has 11 aromatic carbocycles. The van der Waals surface area contributed by atoms with Gasteiger partial charge < -0.3 is 35.6 Å². The summed E-state index contributed by atoms with van der Waals surface area (Å²) in [6.45, 7) is 3.24. The number of azo groups is 5. The minimum Gasteiger partial charge on any atom is -0.507 e. The summed E-state index contributed by atoms with van der Waals surface area (Å²) in [6, 6.07) is 36.9. The number of carboxylic acids is 1. The Kier molecular flexibility index (Phi) is 25.7. The van der Waals surface area contributed by atoms with Crippen molar-refractivity contribution in [1.82, 2.24) is 0 Å². The maximum Gasteiger partial charge on any atom is 0.425 e. The molecular formula is C63H47N11O28S7. The number of nitrogens with one attached hydrogen (secondary N) is 1. The van der Waals surface area contributed by atoms with Gasteiger partial charge in [-0.05, 0) is 145 Å². The molecule has 11 aromatic rings. The number of hydrogen-bond acceptors (Lipinski definition) is 34. The number of phenols is 4. The fourth-order valence-corrected chi connectivity index (χ4v) is 12.6. The van der Waals surface area contributed by atoms with Gasteiger partial charge in [0.15, 0.2) is 17.2 Å². The molecule has 564 valence electrons. The molecule has 0 spiro atoms. The van der Waals surface area contributed by atoms with Gasteiger partial charge >= 0.3 is 37.8 Å². The van der Waals surface area contributed by atoms with Gasteiger partial charge in [0.25, 0.3) is 40.5 Å². The molecule has 10 N–H and O–H groups in total. The van der Waals surface area contributed by atoms with Crippen molar-refractivity contribution >= 4 is 190 Å². The Morgan fingerprint density at radius 1 is 0.431 bits per heavy atom. The minimum atomic E-state index is -5.50. The van der Waals surface area contributed by atoms with Crippen LogP contribution in [0.3, 0.4) is 0 Å². The van der Waals surface area contributed by atoms with Gasteiger partial charge in [-0.15, -0.1) is 78.8 Å². The third-order valence-corrected chi connectivity index (χ3v) is 18.0. The summed E-state index contributed by atoms with van der Waals surface area (Å²) in [4.78, 5) is 7.74. The topological polar surface area (TPSA) is 634 Å². The van der Waals surface area contributed by atoms with E-state index < -0.39 is 143 Å². The monoisotopic (exact) mass is 1630 g/mol. The van der Waals surface area contributed by atoms with Crippen LogP contribution in [0.5, 0.6) is 28.7 Å². The fraction of sp³-hybridized carbons (Fsp3) is 0.0635. The second-order valence-electron chi connectivity index (χ2n) is 21.7. The number of nitrogens with zero attached hydrogens (tertiary/aromatic N) is 10. The van der Waals surface area contributed by atoms with E-state index in [-0.39, 0.29) is 90.6 Å². The zero-order valence-electron chi connectivity index (χ0n) is 54.6. The average molecular weight is 1630 g/mol. The van der Waals surface area contributed by atoms with Crippen LogP contribution in [0.25, 0.3) is 43.1 Å². The summed E-state index contributed by atoms with van der Waals surface area (Å²) in [7, 11) is -30.2. The highest BCUT2D eigenvalue weighted by Gasteiger charge is 2.29. The number of anilines is 2. The van der Waals surface area contributed by atoms with Crippen molar-refractivity contribution in [3.63, 3.8) is 0 Å². The van der Waals surface area contributed by atoms with Crippen LogP contribution in [-0.2, 0) is 72.3 Å². The molecule has 0 atom stereocenters. The van der Waals surface area contributed by atoms with Gasteiger partial charge in [-0.3, -0.25) is 18.2 Å². The van der Waals surface area contributed by atoms with Crippen molar-refractivity contribution in [2.24, 2.45) is 51.1 Å². The largest absolute Gasteiger partial charge is 0.507 e. The average Bonchev–Trinajstić information content (AvgIpc) is 0.740. The van der Waals surface area contributed by atoms with Crippen LogP contribution in [0.1, 0.15) is 29.3 Å². The van der Waals surface area contributed by atoms with Crippen LogP contribution < -0.4 is 10.1 Å². The van der Waals surface area contributed by atoms with Crippen molar-refractivity contribution in [2.75, 3.05) is 11.9 Å². The van der Waals surface area contributed by atoms with Crippen molar-refractivity contribution in [3.8, 4) is 28.7 Å². The van der Waals surface area contributed by atoms with E-state index in [2.05, 4.69) is 56.5 Å². The second kappa shape index (κ2) is 34.2. The lowest BCUT2D eigenvalue weighted by Crippen LogP contribution is -2.03. The number of ether oxygens (including phenoxy) is 1. The molecule has 46 heteroatoms. The molecule has 0 unspecified atom stereocenters. The lowest BCUT2D eigenvalue weighted by molar-refractivity contribution is 0.0697. The van der Waals surface area contributed by atoms with Gasteiger partial charge in [0.2, 0.25) is 0 Å². The molecule has 0 aromatic heterocycles. The zero-order valence-corrected chi connectivity index (χ0v) is 60.3. The predicted molar refractivity (Wildman–Crippen MR) is 382 cm³/mol. The Labute approximate surface area is 617 Å². The number of phenolic OH excluding ortho intramolecular Hbond substituents is 4. The van der Waals surface area contributed by atoms with Gasteiger partial charge in [0, 0.05) is 44.8 Å².